The van der Waals surface area contributed by atoms with Gasteiger partial charge in [-0.2, -0.15) is 0 Å². The van der Waals surface area contributed by atoms with Crippen LogP contribution in [0.4, 0.5) is 0 Å². The van der Waals surface area contributed by atoms with Gasteiger partial charge in [0.25, 0.3) is 0 Å². The van der Waals surface area contributed by atoms with Crippen molar-refractivity contribution in [1.29, 1.82) is 0 Å². The summed E-state index contributed by atoms with van der Waals surface area (Å²) in [4.78, 5) is 44.2. The predicted octanol–water partition coefficient (Wildman–Crippen LogP) is 10.0. The first-order chi connectivity index (χ1) is 26.9. The van der Waals surface area contributed by atoms with E-state index in [4.69, 9.17) is 14.2 Å². The molecule has 1 unspecified atom stereocenters. The summed E-state index contributed by atoms with van der Waals surface area (Å²) in [6.45, 7) is 22.6. The van der Waals surface area contributed by atoms with Crippen LogP contribution in [0.3, 0.4) is 0 Å². The van der Waals surface area contributed by atoms with E-state index in [1.165, 1.54) is 51.4 Å². The van der Waals surface area contributed by atoms with Crippen molar-refractivity contribution in [2.75, 3.05) is 26.3 Å². The second kappa shape index (κ2) is 13.5. The van der Waals surface area contributed by atoms with Crippen LogP contribution in [0, 0.1) is 79.3 Å². The van der Waals surface area contributed by atoms with Crippen molar-refractivity contribution in [3.05, 3.63) is 35.9 Å². The van der Waals surface area contributed by atoms with E-state index in [0.29, 0.717) is 60.5 Å². The summed E-state index contributed by atoms with van der Waals surface area (Å²) in [6.07, 6.45) is 14.5. The van der Waals surface area contributed by atoms with E-state index in [9.17, 15) is 14.4 Å². The van der Waals surface area contributed by atoms with Crippen LogP contribution in [0.2, 0.25) is 0 Å². The van der Waals surface area contributed by atoms with Gasteiger partial charge in [-0.05, 0) is 146 Å². The topological polar surface area (TPSA) is 82.1 Å². The first-order valence-corrected chi connectivity index (χ1v) is 23.2. The highest BCUT2D eigenvalue weighted by atomic mass is 16.5. The number of fused-ring (bicyclic) bond motifs is 7. The lowest BCUT2D eigenvalue weighted by Crippen LogP contribution is -2.68. The number of carbonyl (C=O) groups excluding carboxylic acids is 3. The van der Waals surface area contributed by atoms with Gasteiger partial charge in [-0.25, -0.2) is 0 Å². The Hall–Kier alpha value is -2.41. The summed E-state index contributed by atoms with van der Waals surface area (Å²) in [6, 6.07) is 9.78. The highest BCUT2D eigenvalue weighted by Crippen LogP contribution is 2.79. The van der Waals surface area contributed by atoms with Crippen LogP contribution < -0.4 is 0 Å². The molecule has 8 fully saturated rings. The van der Waals surface area contributed by atoms with Gasteiger partial charge in [0.1, 0.15) is 12.7 Å². The maximum absolute atomic E-state index is 14.8. The van der Waals surface area contributed by atoms with Gasteiger partial charge in [-0.3, -0.25) is 14.4 Å². The van der Waals surface area contributed by atoms with Gasteiger partial charge >= 0.3 is 11.9 Å². The van der Waals surface area contributed by atoms with E-state index in [1.807, 2.05) is 44.2 Å². The fourth-order valence-corrected chi connectivity index (χ4v) is 16.4. The summed E-state index contributed by atoms with van der Waals surface area (Å²) >= 11 is 0. The number of esters is 2. The molecule has 314 valence electrons. The van der Waals surface area contributed by atoms with Gasteiger partial charge in [-0.15, -0.1) is 0 Å². The molecule has 0 spiro atoms. The van der Waals surface area contributed by atoms with E-state index in [2.05, 4.69) is 46.4 Å². The average Bonchev–Trinajstić information content (AvgIpc) is 3.80. The lowest BCUT2D eigenvalue weighted by molar-refractivity contribution is -0.253. The zero-order chi connectivity index (χ0) is 40.4. The Labute approximate surface area is 343 Å². The monoisotopic (exact) mass is 784 g/mol. The molecule has 1 saturated heterocycles. The van der Waals surface area contributed by atoms with E-state index in [0.717, 1.165) is 44.3 Å². The van der Waals surface area contributed by atoms with Crippen LogP contribution in [-0.4, -0.2) is 55.2 Å². The maximum atomic E-state index is 14.8. The smallest absolute Gasteiger partial charge is 0.309 e. The summed E-state index contributed by atoms with van der Waals surface area (Å²) < 4.78 is 18.0. The molecule has 0 bridgehead atoms. The molecule has 7 heteroatoms. The van der Waals surface area contributed by atoms with Crippen molar-refractivity contribution in [3.8, 4) is 0 Å². The largest absolute Gasteiger partial charge is 0.462 e. The summed E-state index contributed by atoms with van der Waals surface area (Å²) in [7, 11) is 0. The molecule has 1 amide bonds. The fraction of sp³-hybridized carbons (Fsp3) is 0.820. The number of rotatable bonds is 7. The Morgan fingerprint density at radius 1 is 0.684 bits per heavy atom. The zero-order valence-corrected chi connectivity index (χ0v) is 36.6. The average molecular weight is 784 g/mol. The molecule has 1 heterocycles. The number of benzene rings is 1. The van der Waals surface area contributed by atoms with Crippen LogP contribution in [0.1, 0.15) is 144 Å². The second-order valence-electron chi connectivity index (χ2n) is 23.1. The van der Waals surface area contributed by atoms with Crippen LogP contribution in [0.5, 0.6) is 0 Å². The van der Waals surface area contributed by atoms with Crippen molar-refractivity contribution in [2.45, 2.75) is 152 Å². The Morgan fingerprint density at radius 3 is 2.07 bits per heavy atom. The van der Waals surface area contributed by atoms with E-state index in [1.54, 1.807) is 0 Å². The molecule has 0 aromatic heterocycles. The number of hydrogen-bond acceptors (Lipinski definition) is 6. The molecule has 0 radical (unpaired) electrons. The molecule has 0 N–H and O–H groups in total. The number of morpholine rings is 1. The molecular formula is C50H73NO6. The second-order valence-corrected chi connectivity index (χ2v) is 23.1. The highest BCUT2D eigenvalue weighted by Gasteiger charge is 2.74. The molecule has 7 saturated carbocycles. The molecule has 1 aromatic carbocycles. The quantitative estimate of drug-likeness (QED) is 0.256. The van der Waals surface area contributed by atoms with Crippen molar-refractivity contribution in [1.82, 2.24) is 4.90 Å². The normalized spacial score (nSPS) is 44.9. The molecule has 7 aliphatic carbocycles. The van der Waals surface area contributed by atoms with Crippen LogP contribution >= 0.6 is 0 Å². The third-order valence-electron chi connectivity index (χ3n) is 20.4. The number of nitrogens with zero attached hydrogens (tertiary/aromatic N) is 1. The minimum Gasteiger partial charge on any atom is -0.462 e. The molecule has 57 heavy (non-hydrogen) atoms. The highest BCUT2D eigenvalue weighted by molar-refractivity contribution is 5.84. The predicted molar refractivity (Wildman–Crippen MR) is 220 cm³/mol. The zero-order valence-electron chi connectivity index (χ0n) is 36.6. The fourth-order valence-electron chi connectivity index (χ4n) is 16.4. The summed E-state index contributed by atoms with van der Waals surface area (Å²) in [5, 5.41) is 0. The van der Waals surface area contributed by atoms with Gasteiger partial charge in [-0.1, -0.05) is 85.7 Å². The first kappa shape index (κ1) is 40.0. The maximum Gasteiger partial charge on any atom is 0.309 e. The Balaban J connectivity index is 0.907. The third kappa shape index (κ3) is 5.82. The van der Waals surface area contributed by atoms with Crippen LogP contribution in [0.25, 0.3) is 0 Å². The molecule has 8 aliphatic rings. The molecule has 1 aliphatic heterocycles. The standard InChI is InChI=1S/C50H73NO6/c1-44(2)35(41(52)56-31-32-12-10-9-11-13-32)30-36(44)42(53)57-39-18-19-47(6)37(45(39,3)4)17-20-49(8)38(47)15-14-34-40-33(46(5)22-23-46)16-21-50(40,25-24-48(34,49)7)43(54)51-26-28-55-29-27-51/h9-13,33-40H,14-31H2,1-8H3/t33?,34-,35+,36-,37+,38-,39+,40-,47+,48-,49-,50+/m1/s1. The van der Waals surface area contributed by atoms with E-state index in [-0.39, 0.29) is 63.6 Å². The molecule has 7 nitrogen and oxygen atoms in total. The Kier molecular flexibility index (Phi) is 9.51. The first-order valence-electron chi connectivity index (χ1n) is 23.2. The van der Waals surface area contributed by atoms with Gasteiger partial charge < -0.3 is 19.1 Å². The van der Waals surface area contributed by atoms with Crippen LogP contribution in [-0.2, 0) is 35.2 Å². The Morgan fingerprint density at radius 2 is 1.39 bits per heavy atom. The van der Waals surface area contributed by atoms with Crippen LogP contribution in [0.15, 0.2) is 30.3 Å². The van der Waals surface area contributed by atoms with Gasteiger partial charge in [0, 0.05) is 18.5 Å². The van der Waals surface area contributed by atoms with Crippen molar-refractivity contribution in [3.63, 3.8) is 0 Å². The molecular weight excluding hydrogens is 711 g/mol. The minimum atomic E-state index is -0.501. The lowest BCUT2D eigenvalue weighted by Gasteiger charge is -2.73. The van der Waals surface area contributed by atoms with Crippen molar-refractivity contribution < 1.29 is 28.6 Å². The van der Waals surface area contributed by atoms with Gasteiger partial charge in [0.15, 0.2) is 0 Å². The van der Waals surface area contributed by atoms with Gasteiger partial charge in [0.05, 0.1) is 30.5 Å². The summed E-state index contributed by atoms with van der Waals surface area (Å²) in [5.74, 6) is 2.38. The molecule has 1 aromatic rings. The molecule has 9 rings (SSSR count). The third-order valence-corrected chi connectivity index (χ3v) is 20.4. The van der Waals surface area contributed by atoms with Crippen molar-refractivity contribution >= 4 is 17.8 Å². The van der Waals surface area contributed by atoms with Crippen molar-refractivity contribution in [2.24, 2.45) is 79.3 Å². The summed E-state index contributed by atoms with van der Waals surface area (Å²) in [5.41, 5.74) is 1.14. The number of hydrogen-bond donors (Lipinski definition) is 0. The van der Waals surface area contributed by atoms with Gasteiger partial charge in [0.2, 0.25) is 5.91 Å². The van der Waals surface area contributed by atoms with E-state index < -0.39 is 5.41 Å². The molecule has 12 atom stereocenters. The number of amides is 1. The number of ether oxygens (including phenoxy) is 3. The minimum absolute atomic E-state index is 0.126. The Bertz CT molecular complexity index is 1750. The van der Waals surface area contributed by atoms with E-state index >= 15 is 0 Å². The number of carbonyl (C=O) groups is 3. The lowest BCUT2D eigenvalue weighted by atomic mass is 9.32. The SMILES string of the molecule is CC1(C2CC[C@]3(C(=O)N4CCOCC4)CC[C@]4(C)[C@H](CC[C@@H]5[C@@]6(C)CC[C@H](OC(=O)[C@H]7C[C@@H](C(=O)OCc8ccccc8)C7(C)C)C(C)(C)[C@@H]6CC[C@]54C)[C@@H]23)CC1.